The van der Waals surface area contributed by atoms with Crippen LogP contribution in [0.3, 0.4) is 0 Å². The Bertz CT molecular complexity index is 804. The topological polar surface area (TPSA) is 64.6 Å². The molecule has 1 N–H and O–H groups in total. The number of esters is 2. The zero-order chi connectivity index (χ0) is 18.1. The molecule has 0 radical (unpaired) electrons. The van der Waals surface area contributed by atoms with E-state index >= 15 is 0 Å². The van der Waals surface area contributed by atoms with Crippen LogP contribution in [0.15, 0.2) is 51.7 Å². The summed E-state index contributed by atoms with van der Waals surface area (Å²) in [6.45, 7) is 1.73. The molecule has 0 amide bonds. The van der Waals surface area contributed by atoms with Gasteiger partial charge in [-0.2, -0.15) is 8.78 Å². The van der Waals surface area contributed by atoms with Crippen LogP contribution in [0.4, 0.5) is 8.78 Å². The highest BCUT2D eigenvalue weighted by Crippen LogP contribution is 2.45. The van der Waals surface area contributed by atoms with Gasteiger partial charge in [0.2, 0.25) is 0 Å². The van der Waals surface area contributed by atoms with Crippen molar-refractivity contribution in [3.63, 3.8) is 0 Å². The first kappa shape index (κ1) is 17.5. The van der Waals surface area contributed by atoms with Crippen LogP contribution in [0.5, 0.6) is 0 Å². The lowest BCUT2D eigenvalue weighted by atomic mass is 9.81. The average Bonchev–Trinajstić information content (AvgIpc) is 2.94. The fraction of sp³-hybridized carbons (Fsp3) is 0.294. The number of carbonyl (C=O) groups is 2. The number of ether oxygens (including phenoxy) is 2. The largest absolute Gasteiger partial charge is 0.466 e. The van der Waals surface area contributed by atoms with Gasteiger partial charge in [0, 0.05) is 10.6 Å². The van der Waals surface area contributed by atoms with Crippen molar-refractivity contribution in [1.29, 1.82) is 0 Å². The predicted molar refractivity (Wildman–Crippen MR) is 86.9 cm³/mol. The molecule has 132 valence electrons. The summed E-state index contributed by atoms with van der Waals surface area (Å²) in [7, 11) is 1.23. The highest BCUT2D eigenvalue weighted by atomic mass is 32.2. The van der Waals surface area contributed by atoms with Crippen molar-refractivity contribution in [1.82, 2.24) is 5.32 Å². The summed E-state index contributed by atoms with van der Waals surface area (Å²) >= 11 is 0.374. The Balaban J connectivity index is 2.19. The van der Waals surface area contributed by atoms with Gasteiger partial charge in [-0.3, -0.25) is 0 Å². The van der Waals surface area contributed by atoms with Gasteiger partial charge in [-0.05, 0) is 18.6 Å². The highest BCUT2D eigenvalue weighted by Gasteiger charge is 2.42. The minimum absolute atomic E-state index is 0.0562. The van der Waals surface area contributed by atoms with Crippen molar-refractivity contribution in [3.8, 4) is 0 Å². The van der Waals surface area contributed by atoms with Gasteiger partial charge in [0.05, 0.1) is 29.9 Å². The molecular formula is C17H15F2NO4S. The van der Waals surface area contributed by atoms with Crippen LogP contribution in [0.2, 0.25) is 0 Å². The van der Waals surface area contributed by atoms with Crippen molar-refractivity contribution in [2.24, 2.45) is 0 Å². The van der Waals surface area contributed by atoms with Crippen LogP contribution in [0, 0.1) is 0 Å². The number of alkyl halides is 2. The Hall–Kier alpha value is -2.35. The number of carbonyl (C=O) groups excluding carboxylic acids is 2. The Labute approximate surface area is 147 Å². The molecule has 0 bridgehead atoms. The molecule has 0 aliphatic carbocycles. The molecule has 0 saturated heterocycles. The van der Waals surface area contributed by atoms with Crippen LogP contribution in [0.25, 0.3) is 0 Å². The van der Waals surface area contributed by atoms with Gasteiger partial charge in [-0.1, -0.05) is 30.0 Å². The highest BCUT2D eigenvalue weighted by molar-refractivity contribution is 7.99. The number of hydrogen-bond donors (Lipinski definition) is 1. The molecule has 3 rings (SSSR count). The van der Waals surface area contributed by atoms with Gasteiger partial charge in [0.15, 0.2) is 0 Å². The summed E-state index contributed by atoms with van der Waals surface area (Å²) in [5, 5.41) is 2.99. The molecule has 2 aliphatic heterocycles. The number of dihydropyridines is 1. The van der Waals surface area contributed by atoms with E-state index in [1.807, 2.05) is 0 Å². The minimum atomic E-state index is -2.63. The van der Waals surface area contributed by atoms with Crippen molar-refractivity contribution >= 4 is 23.7 Å². The standard InChI is InChI=1S/C17H15F2NO4S/c1-8-12(15(21)23-2)13(14-10(20-8)7-24-16(14)22)9-5-3-4-6-11(9)25-17(18)19/h3-6,13,17,20H,7H2,1-2H3. The van der Waals surface area contributed by atoms with Gasteiger partial charge in [-0.25, -0.2) is 9.59 Å². The first-order valence-electron chi connectivity index (χ1n) is 7.44. The smallest absolute Gasteiger partial charge is 0.337 e. The molecule has 1 atom stereocenters. The number of hydrogen-bond acceptors (Lipinski definition) is 6. The van der Waals surface area contributed by atoms with Crippen LogP contribution in [-0.2, 0) is 19.1 Å². The second kappa shape index (κ2) is 6.87. The Morgan fingerprint density at radius 3 is 2.80 bits per heavy atom. The second-order valence-corrected chi connectivity index (χ2v) is 6.50. The third kappa shape index (κ3) is 3.13. The number of rotatable bonds is 4. The van der Waals surface area contributed by atoms with E-state index in [1.165, 1.54) is 7.11 Å². The Morgan fingerprint density at radius 1 is 1.40 bits per heavy atom. The third-order valence-electron chi connectivity index (χ3n) is 4.06. The molecule has 1 aromatic carbocycles. The molecule has 1 unspecified atom stereocenters. The molecular weight excluding hydrogens is 352 g/mol. The predicted octanol–water partition coefficient (Wildman–Crippen LogP) is 2.95. The molecule has 0 saturated carbocycles. The summed E-state index contributed by atoms with van der Waals surface area (Å²) in [6, 6.07) is 6.48. The zero-order valence-electron chi connectivity index (χ0n) is 13.5. The lowest BCUT2D eigenvalue weighted by Gasteiger charge is -2.28. The van der Waals surface area contributed by atoms with Gasteiger partial charge in [-0.15, -0.1) is 0 Å². The second-order valence-electron chi connectivity index (χ2n) is 5.47. The van der Waals surface area contributed by atoms with E-state index in [1.54, 1.807) is 31.2 Å². The lowest BCUT2D eigenvalue weighted by molar-refractivity contribution is -0.136. The monoisotopic (exact) mass is 367 g/mol. The van der Waals surface area contributed by atoms with Crippen LogP contribution >= 0.6 is 11.8 Å². The quantitative estimate of drug-likeness (QED) is 0.652. The summed E-state index contributed by atoms with van der Waals surface area (Å²) in [5.74, 6) is -4.64. The normalized spacial score (nSPS) is 19.7. The molecule has 0 spiro atoms. The number of halogens is 2. The number of methoxy groups -OCH3 is 1. The third-order valence-corrected chi connectivity index (χ3v) is 4.87. The molecule has 2 aliphatic rings. The van der Waals surface area contributed by atoms with Gasteiger partial charge in [0.1, 0.15) is 6.61 Å². The van der Waals surface area contributed by atoms with Crippen molar-refractivity contribution in [2.45, 2.75) is 23.5 Å². The van der Waals surface area contributed by atoms with Crippen LogP contribution < -0.4 is 5.32 Å². The maximum Gasteiger partial charge on any atom is 0.337 e. The number of nitrogens with one attached hydrogen (secondary N) is 1. The SMILES string of the molecule is COC(=O)C1=C(C)NC2=C(C(=O)OC2)C1c1ccccc1SC(F)F. The maximum atomic E-state index is 13.0. The number of benzene rings is 1. The molecule has 2 heterocycles. The van der Waals surface area contributed by atoms with Gasteiger partial charge in [0.25, 0.3) is 5.76 Å². The van der Waals surface area contributed by atoms with Crippen molar-refractivity contribution in [2.75, 3.05) is 13.7 Å². The van der Waals surface area contributed by atoms with Crippen molar-refractivity contribution < 1.29 is 27.8 Å². The number of cyclic esters (lactones) is 1. The summed E-state index contributed by atoms with van der Waals surface area (Å²) in [5.41, 5.74) is 1.96. The minimum Gasteiger partial charge on any atom is -0.466 e. The lowest BCUT2D eigenvalue weighted by Crippen LogP contribution is -2.30. The number of allylic oxidation sites excluding steroid dienone is 1. The first-order valence-corrected chi connectivity index (χ1v) is 8.32. The van der Waals surface area contributed by atoms with E-state index in [4.69, 9.17) is 9.47 Å². The number of thioether (sulfide) groups is 1. The van der Waals surface area contributed by atoms with Crippen LogP contribution in [0.1, 0.15) is 18.4 Å². The molecule has 1 aromatic rings. The fourth-order valence-electron chi connectivity index (χ4n) is 3.08. The molecule has 5 nitrogen and oxygen atoms in total. The van der Waals surface area contributed by atoms with E-state index in [-0.39, 0.29) is 17.8 Å². The van der Waals surface area contributed by atoms with E-state index in [0.29, 0.717) is 33.6 Å². The van der Waals surface area contributed by atoms with E-state index < -0.39 is 23.6 Å². The molecule has 25 heavy (non-hydrogen) atoms. The van der Waals surface area contributed by atoms with E-state index in [9.17, 15) is 18.4 Å². The summed E-state index contributed by atoms with van der Waals surface area (Å²) in [6.07, 6.45) is 0. The first-order chi connectivity index (χ1) is 11.9. The van der Waals surface area contributed by atoms with Crippen molar-refractivity contribution in [3.05, 3.63) is 52.4 Å². The van der Waals surface area contributed by atoms with Gasteiger partial charge < -0.3 is 14.8 Å². The molecule has 0 fully saturated rings. The van der Waals surface area contributed by atoms with E-state index in [0.717, 1.165) is 0 Å². The fourth-order valence-corrected chi connectivity index (χ4v) is 3.75. The molecule has 8 heteroatoms. The van der Waals surface area contributed by atoms with Gasteiger partial charge >= 0.3 is 11.9 Å². The maximum absolute atomic E-state index is 13.0. The molecule has 0 aromatic heterocycles. The summed E-state index contributed by atoms with van der Waals surface area (Å²) in [4.78, 5) is 24.9. The van der Waals surface area contributed by atoms with E-state index in [2.05, 4.69) is 5.32 Å². The Kier molecular flexibility index (Phi) is 4.80. The van der Waals surface area contributed by atoms with Crippen LogP contribution in [-0.4, -0.2) is 31.4 Å². The zero-order valence-corrected chi connectivity index (χ0v) is 14.3. The summed E-state index contributed by atoms with van der Waals surface area (Å²) < 4.78 is 35.8. The Morgan fingerprint density at radius 2 is 2.12 bits per heavy atom. The average molecular weight is 367 g/mol.